The molecule has 0 bridgehead atoms. The van der Waals surface area contributed by atoms with Crippen molar-refractivity contribution in [1.82, 2.24) is 0 Å². The molecular weight excluding hydrogens is 504 g/mol. The van der Waals surface area contributed by atoms with Gasteiger partial charge >= 0.3 is 5.97 Å². The van der Waals surface area contributed by atoms with Crippen molar-refractivity contribution in [2.45, 2.75) is 32.0 Å². The second-order valence-corrected chi connectivity index (χ2v) is 9.77. The average Bonchev–Trinajstić information content (AvgIpc) is 3.42. The lowest BCUT2D eigenvalue weighted by Crippen LogP contribution is -2.43. The Balaban J connectivity index is 1.87. The minimum absolute atomic E-state index is 0.0507. The molecule has 0 fully saturated rings. The standard InChI is InChI=1S/C30H32O9/c1-16-12-18-13-21-25(38-15-37-21)26(35-5)22(18)23-19(14-20(33-3)24(34-4)27(23)36-6)28(30(16,2)32)39-29(31)17-10-8-7-9-11-17/h7-11,13-14,16,28,32H,12,15H2,1-6H3. The van der Waals surface area contributed by atoms with Gasteiger partial charge in [-0.15, -0.1) is 0 Å². The van der Waals surface area contributed by atoms with Crippen LogP contribution in [0.1, 0.15) is 41.4 Å². The molecule has 0 aromatic heterocycles. The number of ether oxygens (including phenoxy) is 7. The molecule has 1 aliphatic carbocycles. The minimum atomic E-state index is -1.51. The zero-order valence-corrected chi connectivity index (χ0v) is 22.8. The van der Waals surface area contributed by atoms with Crippen molar-refractivity contribution in [2.75, 3.05) is 35.2 Å². The summed E-state index contributed by atoms with van der Waals surface area (Å²) in [5.41, 5.74) is 1.34. The number of fused-ring (bicyclic) bond motifs is 4. The molecule has 0 saturated heterocycles. The number of aliphatic hydroxyl groups is 1. The lowest BCUT2D eigenvalue weighted by atomic mass is 9.73. The fraction of sp³-hybridized carbons (Fsp3) is 0.367. The fourth-order valence-electron chi connectivity index (χ4n) is 5.37. The maximum Gasteiger partial charge on any atom is 0.338 e. The van der Waals surface area contributed by atoms with E-state index in [4.69, 9.17) is 33.2 Å². The van der Waals surface area contributed by atoms with E-state index in [1.807, 2.05) is 19.1 Å². The maximum absolute atomic E-state index is 13.4. The number of rotatable bonds is 6. The van der Waals surface area contributed by atoms with E-state index in [1.165, 1.54) is 21.3 Å². The highest BCUT2D eigenvalue weighted by Gasteiger charge is 2.47. The Kier molecular flexibility index (Phi) is 6.94. The fourth-order valence-corrected chi connectivity index (χ4v) is 5.37. The molecule has 1 N–H and O–H groups in total. The summed E-state index contributed by atoms with van der Waals surface area (Å²) >= 11 is 0. The Morgan fingerprint density at radius 1 is 0.923 bits per heavy atom. The quantitative estimate of drug-likeness (QED) is 0.438. The maximum atomic E-state index is 13.4. The van der Waals surface area contributed by atoms with E-state index in [0.29, 0.717) is 63.2 Å². The van der Waals surface area contributed by atoms with Gasteiger partial charge < -0.3 is 38.3 Å². The first kappa shape index (κ1) is 26.5. The van der Waals surface area contributed by atoms with Crippen molar-refractivity contribution in [3.8, 4) is 45.6 Å². The molecule has 9 heteroatoms. The molecule has 3 atom stereocenters. The first-order chi connectivity index (χ1) is 18.8. The van der Waals surface area contributed by atoms with Crippen molar-refractivity contribution in [3.63, 3.8) is 0 Å². The summed E-state index contributed by atoms with van der Waals surface area (Å²) in [6.45, 7) is 3.63. The largest absolute Gasteiger partial charge is 0.493 e. The van der Waals surface area contributed by atoms with Gasteiger partial charge in [0.25, 0.3) is 0 Å². The third-order valence-electron chi connectivity index (χ3n) is 7.59. The van der Waals surface area contributed by atoms with Crippen LogP contribution in [0.3, 0.4) is 0 Å². The van der Waals surface area contributed by atoms with Gasteiger partial charge in [-0.25, -0.2) is 4.79 Å². The summed E-state index contributed by atoms with van der Waals surface area (Å²) < 4.78 is 40.9. The molecule has 2 aliphatic rings. The molecule has 0 radical (unpaired) electrons. The molecule has 0 saturated carbocycles. The zero-order chi connectivity index (χ0) is 27.9. The summed E-state index contributed by atoms with van der Waals surface area (Å²) in [6.07, 6.45) is -0.710. The highest BCUT2D eigenvalue weighted by Crippen LogP contribution is 2.59. The number of esters is 1. The first-order valence-electron chi connectivity index (χ1n) is 12.6. The van der Waals surface area contributed by atoms with Gasteiger partial charge in [-0.05, 0) is 49.1 Å². The van der Waals surface area contributed by atoms with Gasteiger partial charge in [-0.3, -0.25) is 0 Å². The Morgan fingerprint density at radius 2 is 1.62 bits per heavy atom. The highest BCUT2D eigenvalue weighted by atomic mass is 16.7. The molecule has 0 spiro atoms. The van der Waals surface area contributed by atoms with Gasteiger partial charge in [0, 0.05) is 16.7 Å². The van der Waals surface area contributed by atoms with Gasteiger partial charge in [0.15, 0.2) is 29.1 Å². The van der Waals surface area contributed by atoms with Gasteiger partial charge in [-0.1, -0.05) is 25.1 Å². The second-order valence-electron chi connectivity index (χ2n) is 9.77. The van der Waals surface area contributed by atoms with Crippen molar-refractivity contribution < 1.29 is 43.1 Å². The van der Waals surface area contributed by atoms with E-state index in [-0.39, 0.29) is 12.7 Å². The topological polar surface area (TPSA) is 102 Å². The normalized spacial score (nSPS) is 21.1. The van der Waals surface area contributed by atoms with Crippen LogP contribution in [-0.2, 0) is 11.2 Å². The molecule has 39 heavy (non-hydrogen) atoms. The monoisotopic (exact) mass is 536 g/mol. The molecule has 206 valence electrons. The number of hydrogen-bond acceptors (Lipinski definition) is 9. The molecule has 5 rings (SSSR count). The van der Waals surface area contributed by atoms with Crippen LogP contribution in [0.4, 0.5) is 0 Å². The van der Waals surface area contributed by atoms with Gasteiger partial charge in [0.1, 0.15) is 5.60 Å². The number of benzene rings is 3. The third-order valence-corrected chi connectivity index (χ3v) is 7.59. The van der Waals surface area contributed by atoms with Crippen LogP contribution in [0.5, 0.6) is 34.5 Å². The molecule has 9 nitrogen and oxygen atoms in total. The number of carbonyl (C=O) groups excluding carboxylic acids is 1. The van der Waals surface area contributed by atoms with E-state index in [1.54, 1.807) is 44.4 Å². The molecule has 1 heterocycles. The molecule has 3 aromatic rings. The zero-order valence-electron chi connectivity index (χ0n) is 22.8. The number of carbonyl (C=O) groups is 1. The summed E-state index contributed by atoms with van der Waals surface area (Å²) in [4.78, 5) is 13.4. The van der Waals surface area contributed by atoms with Crippen LogP contribution in [0, 0.1) is 5.92 Å². The van der Waals surface area contributed by atoms with E-state index in [2.05, 4.69) is 0 Å². The van der Waals surface area contributed by atoms with Crippen LogP contribution in [0.25, 0.3) is 11.1 Å². The Labute approximate surface area is 227 Å². The molecule has 1 aliphatic heterocycles. The summed E-state index contributed by atoms with van der Waals surface area (Å²) in [5.74, 6) is 1.51. The van der Waals surface area contributed by atoms with E-state index in [0.717, 1.165) is 5.56 Å². The molecule has 3 aromatic carbocycles. The number of methoxy groups -OCH3 is 4. The van der Waals surface area contributed by atoms with Crippen LogP contribution in [0.15, 0.2) is 42.5 Å². The second kappa shape index (κ2) is 10.2. The molecule has 0 amide bonds. The van der Waals surface area contributed by atoms with Crippen LogP contribution in [-0.4, -0.2) is 51.9 Å². The SMILES string of the molecule is COc1cc2c(c(OC)c1OC)-c1c(cc3c(c1OC)OCO3)CC(C)C(C)(O)C2OC(=O)c1ccccc1. The van der Waals surface area contributed by atoms with Crippen LogP contribution < -0.4 is 28.4 Å². The molecule has 3 unspecified atom stereocenters. The average molecular weight is 537 g/mol. The molecular formula is C30H32O9. The van der Waals surface area contributed by atoms with Crippen molar-refractivity contribution in [3.05, 3.63) is 59.2 Å². The Hall–Kier alpha value is -4.11. The van der Waals surface area contributed by atoms with E-state index in [9.17, 15) is 9.90 Å². The number of hydrogen-bond donors (Lipinski definition) is 1. The van der Waals surface area contributed by atoms with Gasteiger partial charge in [-0.2, -0.15) is 0 Å². The third kappa shape index (κ3) is 4.27. The van der Waals surface area contributed by atoms with Crippen molar-refractivity contribution in [2.24, 2.45) is 5.92 Å². The summed E-state index contributed by atoms with van der Waals surface area (Å²) in [6, 6.07) is 12.3. The highest BCUT2D eigenvalue weighted by molar-refractivity contribution is 5.91. The lowest BCUT2D eigenvalue weighted by molar-refractivity contribution is -0.107. The Bertz CT molecular complexity index is 1400. The predicted molar refractivity (Wildman–Crippen MR) is 142 cm³/mol. The van der Waals surface area contributed by atoms with E-state index < -0.39 is 17.7 Å². The van der Waals surface area contributed by atoms with Crippen LogP contribution >= 0.6 is 0 Å². The van der Waals surface area contributed by atoms with Crippen LogP contribution in [0.2, 0.25) is 0 Å². The van der Waals surface area contributed by atoms with Gasteiger partial charge in [0.05, 0.1) is 34.0 Å². The summed E-state index contributed by atoms with van der Waals surface area (Å²) in [5, 5.41) is 12.1. The minimum Gasteiger partial charge on any atom is -0.493 e. The smallest absolute Gasteiger partial charge is 0.338 e. The predicted octanol–water partition coefficient (Wildman–Crippen LogP) is 4.96. The first-order valence-corrected chi connectivity index (χ1v) is 12.6. The van der Waals surface area contributed by atoms with E-state index >= 15 is 0 Å². The van der Waals surface area contributed by atoms with Gasteiger partial charge in [0.2, 0.25) is 18.3 Å². The Morgan fingerprint density at radius 3 is 2.26 bits per heavy atom. The van der Waals surface area contributed by atoms with Crippen molar-refractivity contribution >= 4 is 5.97 Å². The summed E-state index contributed by atoms with van der Waals surface area (Å²) in [7, 11) is 6.08. The van der Waals surface area contributed by atoms with Crippen molar-refractivity contribution in [1.29, 1.82) is 0 Å². The lowest BCUT2D eigenvalue weighted by Gasteiger charge is -2.41.